The molecule has 2 aliphatic heterocycles. The highest BCUT2D eigenvalue weighted by Crippen LogP contribution is 2.36. The number of hydrogen-bond acceptors (Lipinski definition) is 8. The van der Waals surface area contributed by atoms with Gasteiger partial charge in [-0.1, -0.05) is 36.0 Å². The van der Waals surface area contributed by atoms with Crippen LogP contribution in [0.3, 0.4) is 0 Å². The number of thioether (sulfide) groups is 1. The number of fused-ring (bicyclic) bond motifs is 2. The highest BCUT2D eigenvalue weighted by atomic mass is 32.2. The molecule has 0 bridgehead atoms. The van der Waals surface area contributed by atoms with E-state index in [-0.39, 0.29) is 47.8 Å². The number of carbonyl (C=O) groups excluding carboxylic acids is 2. The summed E-state index contributed by atoms with van der Waals surface area (Å²) in [6.07, 6.45) is -0.298. The number of hydrogen-bond donors (Lipinski definition) is 1. The zero-order chi connectivity index (χ0) is 22.1. The molecule has 164 valence electrons. The number of nitrogens with zero attached hydrogens (tertiary/aromatic N) is 3. The lowest BCUT2D eigenvalue weighted by molar-refractivity contribution is -0.117. The van der Waals surface area contributed by atoms with Crippen LogP contribution in [0.5, 0.6) is 11.5 Å². The van der Waals surface area contributed by atoms with E-state index in [4.69, 9.17) is 13.9 Å². The average Bonchev–Trinajstić information content (AvgIpc) is 3.23. The highest BCUT2D eigenvalue weighted by molar-refractivity contribution is 7.99. The van der Waals surface area contributed by atoms with Crippen LogP contribution in [0.4, 0.5) is 11.4 Å². The van der Waals surface area contributed by atoms with Crippen molar-refractivity contribution in [2.24, 2.45) is 0 Å². The Hall–Kier alpha value is -3.53. The van der Waals surface area contributed by atoms with Gasteiger partial charge in [-0.05, 0) is 31.2 Å². The van der Waals surface area contributed by atoms with Gasteiger partial charge in [-0.25, -0.2) is 0 Å². The number of para-hydroxylation sites is 4. The van der Waals surface area contributed by atoms with Gasteiger partial charge in [-0.15, -0.1) is 10.2 Å². The van der Waals surface area contributed by atoms with Crippen LogP contribution in [0.1, 0.15) is 25.3 Å². The standard InChI is InChI=1S/C22H20N4O5S/c1-13-10-19(27)23-14-6-2-3-7-15(14)26(13)20(28)12-32-22-25-24-21(31-22)18-11-29-16-8-4-5-9-17(16)30-18/h2-9,13,18H,10-12H2,1H3,(H,23,27)/t13-,18+/m0/s1. The summed E-state index contributed by atoms with van der Waals surface area (Å²) in [5.41, 5.74) is 1.30. The number of rotatable bonds is 4. The minimum Gasteiger partial charge on any atom is -0.485 e. The molecule has 32 heavy (non-hydrogen) atoms. The molecule has 1 N–H and O–H groups in total. The van der Waals surface area contributed by atoms with Crippen molar-refractivity contribution in [3.8, 4) is 11.5 Å². The molecule has 5 rings (SSSR count). The third kappa shape index (κ3) is 4.01. The van der Waals surface area contributed by atoms with Crippen molar-refractivity contribution in [3.05, 3.63) is 54.4 Å². The van der Waals surface area contributed by atoms with Crippen LogP contribution >= 0.6 is 11.8 Å². The van der Waals surface area contributed by atoms with Crippen molar-refractivity contribution >= 4 is 35.0 Å². The van der Waals surface area contributed by atoms with Crippen LogP contribution in [0.2, 0.25) is 0 Å². The molecule has 3 aromatic rings. The van der Waals surface area contributed by atoms with Gasteiger partial charge in [0, 0.05) is 12.5 Å². The Morgan fingerprint density at radius 1 is 1.16 bits per heavy atom. The smallest absolute Gasteiger partial charge is 0.277 e. The molecule has 0 unspecified atom stereocenters. The maximum absolute atomic E-state index is 13.1. The zero-order valence-corrected chi connectivity index (χ0v) is 18.0. The van der Waals surface area contributed by atoms with Gasteiger partial charge in [0.1, 0.15) is 6.61 Å². The number of carbonyl (C=O) groups is 2. The first-order valence-electron chi connectivity index (χ1n) is 10.1. The number of nitrogens with one attached hydrogen (secondary N) is 1. The van der Waals surface area contributed by atoms with Gasteiger partial charge in [0.25, 0.3) is 11.1 Å². The lowest BCUT2D eigenvalue weighted by Gasteiger charge is -2.27. The van der Waals surface area contributed by atoms with Gasteiger partial charge in [0.05, 0.1) is 17.1 Å². The zero-order valence-electron chi connectivity index (χ0n) is 17.2. The van der Waals surface area contributed by atoms with Gasteiger partial charge in [0.2, 0.25) is 17.9 Å². The molecule has 2 aromatic carbocycles. The topological polar surface area (TPSA) is 107 Å². The monoisotopic (exact) mass is 452 g/mol. The molecule has 9 nitrogen and oxygen atoms in total. The van der Waals surface area contributed by atoms with E-state index in [1.807, 2.05) is 49.4 Å². The number of amides is 2. The Kier molecular flexibility index (Phi) is 5.44. The van der Waals surface area contributed by atoms with Gasteiger partial charge in [-0.2, -0.15) is 0 Å². The van der Waals surface area contributed by atoms with Gasteiger partial charge in [-0.3, -0.25) is 9.59 Å². The summed E-state index contributed by atoms with van der Waals surface area (Å²) < 4.78 is 17.3. The number of benzene rings is 2. The number of aromatic nitrogens is 2. The number of ether oxygens (including phenoxy) is 2. The maximum Gasteiger partial charge on any atom is 0.277 e. The molecule has 0 saturated heterocycles. The van der Waals surface area contributed by atoms with E-state index in [1.165, 1.54) is 0 Å². The molecule has 10 heteroatoms. The van der Waals surface area contributed by atoms with Crippen molar-refractivity contribution in [2.75, 3.05) is 22.6 Å². The molecule has 0 spiro atoms. The van der Waals surface area contributed by atoms with E-state index in [0.717, 1.165) is 11.8 Å². The normalized spacial score (nSPS) is 19.7. The molecule has 0 aliphatic carbocycles. The molecule has 2 aliphatic rings. The number of anilines is 2. The molecular weight excluding hydrogens is 432 g/mol. The SMILES string of the molecule is C[C@H]1CC(=O)Nc2ccccc2N1C(=O)CSc1nnc([C@H]2COc3ccccc3O2)o1. The van der Waals surface area contributed by atoms with E-state index in [0.29, 0.717) is 22.9 Å². The summed E-state index contributed by atoms with van der Waals surface area (Å²) in [7, 11) is 0. The van der Waals surface area contributed by atoms with Crippen LogP contribution in [0.25, 0.3) is 0 Å². The predicted molar refractivity (Wildman–Crippen MR) is 117 cm³/mol. The second-order valence-corrected chi connectivity index (χ2v) is 8.37. The van der Waals surface area contributed by atoms with Gasteiger partial charge in [0.15, 0.2) is 11.5 Å². The first-order valence-corrected chi connectivity index (χ1v) is 11.1. The van der Waals surface area contributed by atoms with Crippen molar-refractivity contribution in [1.29, 1.82) is 0 Å². The fourth-order valence-electron chi connectivity index (χ4n) is 3.71. The van der Waals surface area contributed by atoms with E-state index in [2.05, 4.69) is 15.5 Å². The molecule has 3 heterocycles. The van der Waals surface area contributed by atoms with Crippen LogP contribution in [-0.4, -0.2) is 40.4 Å². The van der Waals surface area contributed by atoms with E-state index in [1.54, 1.807) is 11.0 Å². The van der Waals surface area contributed by atoms with E-state index >= 15 is 0 Å². The Morgan fingerprint density at radius 2 is 1.94 bits per heavy atom. The third-order valence-corrected chi connectivity index (χ3v) is 5.96. The van der Waals surface area contributed by atoms with Crippen molar-refractivity contribution < 1.29 is 23.5 Å². The van der Waals surface area contributed by atoms with Crippen molar-refractivity contribution in [3.63, 3.8) is 0 Å². The van der Waals surface area contributed by atoms with Gasteiger partial charge >= 0.3 is 0 Å². The first-order chi connectivity index (χ1) is 15.6. The van der Waals surface area contributed by atoms with Crippen LogP contribution in [-0.2, 0) is 9.59 Å². The van der Waals surface area contributed by atoms with Gasteiger partial charge < -0.3 is 24.1 Å². The molecule has 0 saturated carbocycles. The van der Waals surface area contributed by atoms with Crippen LogP contribution in [0, 0.1) is 0 Å². The molecule has 2 amide bonds. The Labute approximate surface area is 188 Å². The quantitative estimate of drug-likeness (QED) is 0.600. The lowest BCUT2D eigenvalue weighted by Crippen LogP contribution is -2.40. The third-order valence-electron chi connectivity index (χ3n) is 5.15. The summed E-state index contributed by atoms with van der Waals surface area (Å²) in [4.78, 5) is 26.9. The summed E-state index contributed by atoms with van der Waals surface area (Å²) >= 11 is 1.14. The molecular formula is C22H20N4O5S. The first kappa shape index (κ1) is 20.4. The highest BCUT2D eigenvalue weighted by Gasteiger charge is 2.31. The van der Waals surface area contributed by atoms with Crippen LogP contribution in [0.15, 0.2) is 58.2 Å². The second-order valence-electron chi connectivity index (χ2n) is 7.44. The fraction of sp³-hybridized carbons (Fsp3) is 0.273. The Bertz CT molecular complexity index is 1170. The van der Waals surface area contributed by atoms with Crippen LogP contribution < -0.4 is 19.7 Å². The minimum atomic E-state index is -0.517. The molecule has 1 aromatic heterocycles. The molecule has 0 radical (unpaired) electrons. The van der Waals surface area contributed by atoms with Crippen molar-refractivity contribution in [2.45, 2.75) is 30.7 Å². The lowest BCUT2D eigenvalue weighted by atomic mass is 10.2. The molecule has 0 fully saturated rings. The Balaban J connectivity index is 1.26. The average molecular weight is 452 g/mol. The minimum absolute atomic E-state index is 0.0827. The summed E-state index contributed by atoms with van der Waals surface area (Å²) in [6, 6.07) is 14.4. The van der Waals surface area contributed by atoms with E-state index < -0.39 is 6.10 Å². The van der Waals surface area contributed by atoms with E-state index in [9.17, 15) is 9.59 Å². The summed E-state index contributed by atoms with van der Waals surface area (Å²) in [6.45, 7) is 2.11. The second kappa shape index (κ2) is 8.54. The maximum atomic E-state index is 13.1. The fourth-order valence-corrected chi connectivity index (χ4v) is 4.34. The van der Waals surface area contributed by atoms with Crippen molar-refractivity contribution in [1.82, 2.24) is 10.2 Å². The summed E-state index contributed by atoms with van der Waals surface area (Å²) in [5, 5.41) is 11.2. The predicted octanol–water partition coefficient (Wildman–Crippen LogP) is 3.44. The summed E-state index contributed by atoms with van der Waals surface area (Å²) in [5.74, 6) is 1.38. The molecule has 2 atom stereocenters. The Morgan fingerprint density at radius 3 is 2.81 bits per heavy atom. The largest absolute Gasteiger partial charge is 0.485 e.